The van der Waals surface area contributed by atoms with Crippen LogP contribution in [0.2, 0.25) is 0 Å². The van der Waals surface area contributed by atoms with Crippen LogP contribution in [0.25, 0.3) is 0 Å². The molecule has 1 heterocycles. The number of ether oxygens (including phenoxy) is 1. The highest BCUT2D eigenvalue weighted by Crippen LogP contribution is 2.16. The van der Waals surface area contributed by atoms with Gasteiger partial charge in [-0.15, -0.1) is 11.3 Å². The molecule has 0 saturated carbocycles. The third kappa shape index (κ3) is 4.99. The van der Waals surface area contributed by atoms with Gasteiger partial charge < -0.3 is 10.1 Å². The van der Waals surface area contributed by atoms with Crippen molar-refractivity contribution in [3.8, 4) is 5.75 Å². The fourth-order valence-corrected chi connectivity index (χ4v) is 2.73. The van der Waals surface area contributed by atoms with E-state index in [1.165, 1.54) is 18.3 Å². The molecule has 3 rings (SSSR count). The van der Waals surface area contributed by atoms with Crippen molar-refractivity contribution in [3.63, 3.8) is 0 Å². The predicted molar refractivity (Wildman–Crippen MR) is 102 cm³/mol. The molecule has 0 aliphatic carbocycles. The Bertz CT molecular complexity index is 952. The zero-order valence-corrected chi connectivity index (χ0v) is 15.1. The van der Waals surface area contributed by atoms with E-state index in [2.05, 4.69) is 15.6 Å². The standard InChI is InChI=1S/C19H15N3O4S/c1-12(23)26-16-8-4-14(5-9-16)17(24)21-15-6-2-13(3-7-15)18(25)22-19-20-10-11-27-19/h2-11H,1H3,(H,21,24)(H,20,22,25). The van der Waals surface area contributed by atoms with E-state index in [-0.39, 0.29) is 11.8 Å². The summed E-state index contributed by atoms with van der Waals surface area (Å²) in [5.74, 6) is -0.644. The number of hydrogen-bond donors (Lipinski definition) is 2. The predicted octanol–water partition coefficient (Wildman–Crippen LogP) is 3.57. The van der Waals surface area contributed by atoms with Gasteiger partial charge in [-0.3, -0.25) is 19.7 Å². The first-order chi connectivity index (χ1) is 13.0. The summed E-state index contributed by atoms with van der Waals surface area (Å²) in [5.41, 5.74) is 1.42. The zero-order chi connectivity index (χ0) is 19.2. The number of carbonyl (C=O) groups excluding carboxylic acids is 3. The van der Waals surface area contributed by atoms with Crippen LogP contribution in [0.3, 0.4) is 0 Å². The third-order valence-electron chi connectivity index (χ3n) is 3.44. The van der Waals surface area contributed by atoms with Gasteiger partial charge >= 0.3 is 5.97 Å². The second kappa shape index (κ2) is 8.24. The fourth-order valence-electron chi connectivity index (χ4n) is 2.20. The summed E-state index contributed by atoms with van der Waals surface area (Å²) >= 11 is 1.33. The maximum atomic E-state index is 12.3. The van der Waals surface area contributed by atoms with E-state index in [0.29, 0.717) is 27.7 Å². The van der Waals surface area contributed by atoms with E-state index in [1.54, 1.807) is 60.1 Å². The van der Waals surface area contributed by atoms with Crippen molar-refractivity contribution in [2.24, 2.45) is 0 Å². The first kappa shape index (κ1) is 18.3. The molecule has 0 unspecified atom stereocenters. The average molecular weight is 381 g/mol. The minimum atomic E-state index is -0.425. The van der Waals surface area contributed by atoms with Crippen LogP contribution in [0.1, 0.15) is 27.6 Å². The quantitative estimate of drug-likeness (QED) is 0.520. The second-order valence-electron chi connectivity index (χ2n) is 5.44. The molecule has 2 N–H and O–H groups in total. The lowest BCUT2D eigenvalue weighted by atomic mass is 10.1. The monoisotopic (exact) mass is 381 g/mol. The molecule has 0 saturated heterocycles. The highest BCUT2D eigenvalue weighted by Gasteiger charge is 2.10. The van der Waals surface area contributed by atoms with Gasteiger partial charge in [0.25, 0.3) is 11.8 Å². The van der Waals surface area contributed by atoms with E-state index >= 15 is 0 Å². The van der Waals surface area contributed by atoms with Crippen molar-refractivity contribution < 1.29 is 19.1 Å². The third-order valence-corrected chi connectivity index (χ3v) is 4.12. The Kier molecular flexibility index (Phi) is 5.58. The summed E-state index contributed by atoms with van der Waals surface area (Å²) in [4.78, 5) is 39.3. The summed E-state index contributed by atoms with van der Waals surface area (Å²) in [6.07, 6.45) is 1.61. The van der Waals surface area contributed by atoms with Crippen molar-refractivity contribution in [1.29, 1.82) is 0 Å². The van der Waals surface area contributed by atoms with Crippen LogP contribution in [0, 0.1) is 0 Å². The van der Waals surface area contributed by atoms with Crippen LogP contribution < -0.4 is 15.4 Å². The Labute approximate surface area is 159 Å². The van der Waals surface area contributed by atoms with Crippen LogP contribution in [0.4, 0.5) is 10.8 Å². The maximum Gasteiger partial charge on any atom is 0.308 e. The molecule has 0 radical (unpaired) electrons. The van der Waals surface area contributed by atoms with Gasteiger partial charge in [0.2, 0.25) is 0 Å². The molecule has 0 atom stereocenters. The number of aromatic nitrogens is 1. The maximum absolute atomic E-state index is 12.3. The Morgan fingerprint density at radius 3 is 2.04 bits per heavy atom. The molecule has 2 aromatic carbocycles. The lowest BCUT2D eigenvalue weighted by molar-refractivity contribution is -0.131. The van der Waals surface area contributed by atoms with Gasteiger partial charge in [0.15, 0.2) is 5.13 Å². The van der Waals surface area contributed by atoms with Crippen molar-refractivity contribution in [1.82, 2.24) is 4.98 Å². The first-order valence-electron chi connectivity index (χ1n) is 7.92. The van der Waals surface area contributed by atoms with Crippen LogP contribution in [0.5, 0.6) is 5.75 Å². The minimum Gasteiger partial charge on any atom is -0.427 e. The van der Waals surface area contributed by atoms with Crippen molar-refractivity contribution in [2.75, 3.05) is 10.6 Å². The van der Waals surface area contributed by atoms with Crippen LogP contribution >= 0.6 is 11.3 Å². The molecule has 7 nitrogen and oxygen atoms in total. The minimum absolute atomic E-state index is 0.274. The highest BCUT2D eigenvalue weighted by molar-refractivity contribution is 7.13. The van der Waals surface area contributed by atoms with E-state index in [4.69, 9.17) is 4.74 Å². The fraction of sp³-hybridized carbons (Fsp3) is 0.0526. The largest absolute Gasteiger partial charge is 0.427 e. The Hall–Kier alpha value is -3.52. The van der Waals surface area contributed by atoms with E-state index in [9.17, 15) is 14.4 Å². The topological polar surface area (TPSA) is 97.4 Å². The number of carbonyl (C=O) groups is 3. The number of thiazole rings is 1. The van der Waals surface area contributed by atoms with Gasteiger partial charge in [0.05, 0.1) is 0 Å². The molecule has 0 aliphatic heterocycles. The van der Waals surface area contributed by atoms with Crippen LogP contribution in [0.15, 0.2) is 60.1 Å². The zero-order valence-electron chi connectivity index (χ0n) is 14.3. The Morgan fingerprint density at radius 2 is 1.48 bits per heavy atom. The SMILES string of the molecule is CC(=O)Oc1ccc(C(=O)Nc2ccc(C(=O)Nc3nccs3)cc2)cc1. The number of anilines is 2. The van der Waals surface area contributed by atoms with Crippen LogP contribution in [-0.2, 0) is 4.79 Å². The van der Waals surface area contributed by atoms with Crippen LogP contribution in [-0.4, -0.2) is 22.8 Å². The van der Waals surface area contributed by atoms with Gasteiger partial charge in [-0.2, -0.15) is 0 Å². The summed E-state index contributed by atoms with van der Waals surface area (Å²) < 4.78 is 4.93. The molecule has 0 aliphatic rings. The first-order valence-corrected chi connectivity index (χ1v) is 8.80. The van der Waals surface area contributed by atoms with Gasteiger partial charge in [-0.05, 0) is 48.5 Å². The number of hydrogen-bond acceptors (Lipinski definition) is 6. The molecule has 2 amide bonds. The lowest BCUT2D eigenvalue weighted by Crippen LogP contribution is -2.13. The van der Waals surface area contributed by atoms with E-state index < -0.39 is 5.97 Å². The molecule has 8 heteroatoms. The van der Waals surface area contributed by atoms with E-state index in [0.717, 1.165) is 0 Å². The second-order valence-corrected chi connectivity index (χ2v) is 6.34. The van der Waals surface area contributed by atoms with E-state index in [1.807, 2.05) is 0 Å². The van der Waals surface area contributed by atoms with Crippen molar-refractivity contribution in [3.05, 3.63) is 71.2 Å². The Morgan fingerprint density at radius 1 is 0.889 bits per heavy atom. The average Bonchev–Trinajstić information content (AvgIpc) is 3.15. The molecular formula is C19H15N3O4S. The van der Waals surface area contributed by atoms with Crippen molar-refractivity contribution >= 4 is 39.9 Å². The highest BCUT2D eigenvalue weighted by atomic mass is 32.1. The molecule has 3 aromatic rings. The molecule has 0 spiro atoms. The summed E-state index contributed by atoms with van der Waals surface area (Å²) in [6, 6.07) is 12.7. The van der Waals surface area contributed by atoms with Gasteiger partial charge in [-0.25, -0.2) is 4.98 Å². The molecule has 0 fully saturated rings. The number of esters is 1. The summed E-state index contributed by atoms with van der Waals surface area (Å²) in [7, 11) is 0. The molecular weight excluding hydrogens is 366 g/mol. The smallest absolute Gasteiger partial charge is 0.308 e. The summed E-state index contributed by atoms with van der Waals surface area (Å²) in [5, 5.41) is 7.72. The number of rotatable bonds is 5. The number of nitrogens with one attached hydrogen (secondary N) is 2. The number of amides is 2. The molecule has 27 heavy (non-hydrogen) atoms. The van der Waals surface area contributed by atoms with Crippen molar-refractivity contribution in [2.45, 2.75) is 6.92 Å². The molecule has 1 aromatic heterocycles. The van der Waals surface area contributed by atoms with Gasteiger partial charge in [0, 0.05) is 35.3 Å². The number of benzene rings is 2. The number of nitrogens with zero attached hydrogens (tertiary/aromatic N) is 1. The Balaban J connectivity index is 1.61. The normalized spacial score (nSPS) is 10.1. The molecule has 0 bridgehead atoms. The lowest BCUT2D eigenvalue weighted by Gasteiger charge is -2.07. The summed E-state index contributed by atoms with van der Waals surface area (Å²) in [6.45, 7) is 1.31. The molecule has 136 valence electrons. The van der Waals surface area contributed by atoms with Gasteiger partial charge in [-0.1, -0.05) is 0 Å². The van der Waals surface area contributed by atoms with Gasteiger partial charge in [0.1, 0.15) is 5.75 Å².